The van der Waals surface area contributed by atoms with Crippen molar-refractivity contribution in [2.24, 2.45) is 0 Å². The zero-order chi connectivity index (χ0) is 16.1. The molecule has 5 heteroatoms. The van der Waals surface area contributed by atoms with Gasteiger partial charge in [-0.3, -0.25) is 4.79 Å². The number of carbonyl (C=O) groups excluding carboxylic acids is 1. The zero-order valence-electron chi connectivity index (χ0n) is 13.4. The summed E-state index contributed by atoms with van der Waals surface area (Å²) in [5, 5.41) is 6.25. The largest absolute Gasteiger partial charge is 0.351 e. The Bertz CT molecular complexity index is 680. The van der Waals surface area contributed by atoms with Crippen LogP contribution in [0.2, 0.25) is 0 Å². The van der Waals surface area contributed by atoms with Crippen LogP contribution >= 0.6 is 0 Å². The molecule has 0 saturated heterocycles. The lowest BCUT2D eigenvalue weighted by Gasteiger charge is -2.22. The first-order valence-electron chi connectivity index (χ1n) is 8.19. The van der Waals surface area contributed by atoms with Gasteiger partial charge in [-0.15, -0.1) is 0 Å². The predicted octanol–water partition coefficient (Wildman–Crippen LogP) is 3.78. The quantitative estimate of drug-likeness (QED) is 0.902. The fraction of sp³-hybridized carbons (Fsp3) is 0.389. The molecule has 1 aromatic carbocycles. The van der Waals surface area contributed by atoms with Crippen molar-refractivity contribution in [2.75, 3.05) is 10.6 Å². The molecule has 0 bridgehead atoms. The van der Waals surface area contributed by atoms with Crippen LogP contribution in [0.5, 0.6) is 0 Å². The van der Waals surface area contributed by atoms with Crippen molar-refractivity contribution in [3.63, 3.8) is 0 Å². The van der Waals surface area contributed by atoms with Crippen LogP contribution in [0, 0.1) is 6.92 Å². The standard InChI is InChI=1S/C18H22N4O/c1-13-7-5-6-10-15(13)21-17(23)16-11-12-19-18(22-16)20-14-8-3-2-4-9-14/h5-7,10-12,14H,2-4,8-9H2,1H3,(H,21,23)(H,19,20,22). The molecule has 1 amide bonds. The van der Waals surface area contributed by atoms with Crippen molar-refractivity contribution in [1.82, 2.24) is 9.97 Å². The Morgan fingerprint density at radius 2 is 1.91 bits per heavy atom. The van der Waals surface area contributed by atoms with Gasteiger partial charge in [0, 0.05) is 17.9 Å². The average molecular weight is 310 g/mol. The Morgan fingerprint density at radius 1 is 1.13 bits per heavy atom. The summed E-state index contributed by atoms with van der Waals surface area (Å²) in [4.78, 5) is 21.0. The van der Waals surface area contributed by atoms with Crippen LogP contribution in [0.25, 0.3) is 0 Å². The van der Waals surface area contributed by atoms with E-state index in [-0.39, 0.29) is 5.91 Å². The molecule has 23 heavy (non-hydrogen) atoms. The van der Waals surface area contributed by atoms with E-state index >= 15 is 0 Å². The van der Waals surface area contributed by atoms with E-state index in [0.29, 0.717) is 17.7 Å². The molecule has 1 aromatic heterocycles. The number of aromatic nitrogens is 2. The molecule has 2 N–H and O–H groups in total. The molecule has 3 rings (SSSR count). The van der Waals surface area contributed by atoms with Crippen molar-refractivity contribution < 1.29 is 4.79 Å². The summed E-state index contributed by atoms with van der Waals surface area (Å²) in [6.07, 6.45) is 7.70. The molecule has 0 atom stereocenters. The maximum absolute atomic E-state index is 12.4. The zero-order valence-corrected chi connectivity index (χ0v) is 13.4. The highest BCUT2D eigenvalue weighted by Crippen LogP contribution is 2.20. The molecule has 0 spiro atoms. The molecule has 1 fully saturated rings. The average Bonchev–Trinajstić information content (AvgIpc) is 2.58. The van der Waals surface area contributed by atoms with Gasteiger partial charge in [0.15, 0.2) is 0 Å². The third kappa shape index (κ3) is 4.06. The highest BCUT2D eigenvalue weighted by molar-refractivity contribution is 6.03. The molecule has 1 aliphatic rings. The Hall–Kier alpha value is -2.43. The van der Waals surface area contributed by atoms with Gasteiger partial charge >= 0.3 is 0 Å². The van der Waals surface area contributed by atoms with Crippen molar-refractivity contribution in [3.05, 3.63) is 47.8 Å². The van der Waals surface area contributed by atoms with Crippen molar-refractivity contribution in [3.8, 4) is 0 Å². The van der Waals surface area contributed by atoms with Crippen LogP contribution in [-0.4, -0.2) is 21.9 Å². The highest BCUT2D eigenvalue weighted by atomic mass is 16.1. The number of aryl methyl sites for hydroxylation is 1. The minimum absolute atomic E-state index is 0.214. The van der Waals surface area contributed by atoms with Crippen LogP contribution in [0.3, 0.4) is 0 Å². The van der Waals surface area contributed by atoms with Gasteiger partial charge in [0.05, 0.1) is 0 Å². The number of carbonyl (C=O) groups is 1. The first-order chi connectivity index (χ1) is 11.2. The van der Waals surface area contributed by atoms with Gasteiger partial charge in [-0.1, -0.05) is 37.5 Å². The second-order valence-corrected chi connectivity index (χ2v) is 6.01. The van der Waals surface area contributed by atoms with Crippen molar-refractivity contribution in [2.45, 2.75) is 45.1 Å². The van der Waals surface area contributed by atoms with Crippen LogP contribution in [0.1, 0.15) is 48.2 Å². The summed E-state index contributed by atoms with van der Waals surface area (Å²) in [6.45, 7) is 1.96. The van der Waals surface area contributed by atoms with Gasteiger partial charge in [0.25, 0.3) is 5.91 Å². The van der Waals surface area contributed by atoms with Crippen LogP contribution in [0.4, 0.5) is 11.6 Å². The number of nitrogens with zero attached hydrogens (tertiary/aromatic N) is 2. The van der Waals surface area contributed by atoms with E-state index in [1.165, 1.54) is 19.3 Å². The second-order valence-electron chi connectivity index (χ2n) is 6.01. The predicted molar refractivity (Wildman–Crippen MR) is 91.7 cm³/mol. The third-order valence-corrected chi connectivity index (χ3v) is 4.22. The number of benzene rings is 1. The van der Waals surface area contributed by atoms with E-state index in [9.17, 15) is 4.79 Å². The smallest absolute Gasteiger partial charge is 0.274 e. The van der Waals surface area contributed by atoms with Crippen molar-refractivity contribution in [1.29, 1.82) is 0 Å². The normalized spacial score (nSPS) is 15.2. The second kappa shape index (κ2) is 7.22. The molecule has 5 nitrogen and oxygen atoms in total. The number of rotatable bonds is 4. The highest BCUT2D eigenvalue weighted by Gasteiger charge is 2.15. The van der Waals surface area contributed by atoms with Gasteiger partial charge in [-0.05, 0) is 37.5 Å². The Labute approximate surface area is 136 Å². The summed E-state index contributed by atoms with van der Waals surface area (Å²) in [5.74, 6) is 0.322. The SMILES string of the molecule is Cc1ccccc1NC(=O)c1ccnc(NC2CCCCC2)n1. The van der Waals surface area contributed by atoms with Gasteiger partial charge in [-0.25, -0.2) is 9.97 Å². The van der Waals surface area contributed by atoms with Gasteiger partial charge in [0.2, 0.25) is 5.95 Å². The van der Waals surface area contributed by atoms with Crippen LogP contribution < -0.4 is 10.6 Å². The van der Waals surface area contributed by atoms with E-state index in [1.54, 1.807) is 12.3 Å². The van der Waals surface area contributed by atoms with E-state index in [4.69, 9.17) is 0 Å². The maximum atomic E-state index is 12.4. The minimum atomic E-state index is -0.214. The lowest BCUT2D eigenvalue weighted by molar-refractivity contribution is 0.102. The molecule has 120 valence electrons. The third-order valence-electron chi connectivity index (χ3n) is 4.22. The number of amides is 1. The monoisotopic (exact) mass is 310 g/mol. The number of nitrogens with one attached hydrogen (secondary N) is 2. The van der Waals surface area contributed by atoms with E-state index in [1.807, 2.05) is 31.2 Å². The molecule has 1 saturated carbocycles. The van der Waals surface area contributed by atoms with E-state index < -0.39 is 0 Å². The molecule has 2 aromatic rings. The molecule has 1 heterocycles. The molecule has 0 unspecified atom stereocenters. The van der Waals surface area contributed by atoms with E-state index in [0.717, 1.165) is 24.1 Å². The number of hydrogen-bond donors (Lipinski definition) is 2. The van der Waals surface area contributed by atoms with Crippen molar-refractivity contribution >= 4 is 17.5 Å². The fourth-order valence-electron chi connectivity index (χ4n) is 2.88. The van der Waals surface area contributed by atoms with E-state index in [2.05, 4.69) is 20.6 Å². The Balaban J connectivity index is 1.69. The molecular weight excluding hydrogens is 288 g/mol. The van der Waals surface area contributed by atoms with Crippen LogP contribution in [0.15, 0.2) is 36.5 Å². The number of anilines is 2. The first kappa shape index (κ1) is 15.5. The molecule has 1 aliphatic carbocycles. The summed E-state index contributed by atoms with van der Waals surface area (Å²) in [6, 6.07) is 9.75. The Morgan fingerprint density at radius 3 is 2.70 bits per heavy atom. The first-order valence-corrected chi connectivity index (χ1v) is 8.19. The van der Waals surface area contributed by atoms with Gasteiger partial charge in [-0.2, -0.15) is 0 Å². The van der Waals surface area contributed by atoms with Gasteiger partial charge in [0.1, 0.15) is 5.69 Å². The van der Waals surface area contributed by atoms with Crippen LogP contribution in [-0.2, 0) is 0 Å². The molecule has 0 aliphatic heterocycles. The fourth-order valence-corrected chi connectivity index (χ4v) is 2.88. The summed E-state index contributed by atoms with van der Waals surface area (Å²) < 4.78 is 0. The summed E-state index contributed by atoms with van der Waals surface area (Å²) >= 11 is 0. The summed E-state index contributed by atoms with van der Waals surface area (Å²) in [5.41, 5.74) is 2.20. The lowest BCUT2D eigenvalue weighted by Crippen LogP contribution is -2.24. The number of para-hydroxylation sites is 1. The van der Waals surface area contributed by atoms with Gasteiger partial charge < -0.3 is 10.6 Å². The minimum Gasteiger partial charge on any atom is -0.351 e. The molecular formula is C18H22N4O. The maximum Gasteiger partial charge on any atom is 0.274 e. The number of hydrogen-bond acceptors (Lipinski definition) is 4. The summed E-state index contributed by atoms with van der Waals surface area (Å²) in [7, 11) is 0. The Kier molecular flexibility index (Phi) is 4.86. The lowest BCUT2D eigenvalue weighted by atomic mass is 9.96. The topological polar surface area (TPSA) is 66.9 Å². The molecule has 0 radical (unpaired) electrons.